The highest BCUT2D eigenvalue weighted by molar-refractivity contribution is 5.96. The summed E-state index contributed by atoms with van der Waals surface area (Å²) in [5, 5.41) is 15.1. The summed E-state index contributed by atoms with van der Waals surface area (Å²) in [6.45, 7) is 3.71. The maximum absolute atomic E-state index is 12.4. The predicted molar refractivity (Wildman–Crippen MR) is 110 cm³/mol. The van der Waals surface area contributed by atoms with Crippen molar-refractivity contribution in [3.8, 4) is 23.0 Å². The van der Waals surface area contributed by atoms with E-state index in [-0.39, 0.29) is 34.9 Å². The SMILES string of the molecule is C=CCOc1c(/C=N/NC(=O)c2cc(OC)cc(OC)c2)cc([N+](=O)[O-])cc1OC. The Morgan fingerprint density at radius 3 is 2.33 bits per heavy atom. The number of ether oxygens (including phenoxy) is 4. The average molecular weight is 415 g/mol. The van der Waals surface area contributed by atoms with Crippen LogP contribution in [0.2, 0.25) is 0 Å². The monoisotopic (exact) mass is 415 g/mol. The first kappa shape index (κ1) is 22.2. The van der Waals surface area contributed by atoms with Gasteiger partial charge in [0, 0.05) is 23.3 Å². The van der Waals surface area contributed by atoms with E-state index in [1.165, 1.54) is 57.9 Å². The summed E-state index contributed by atoms with van der Waals surface area (Å²) in [7, 11) is 4.29. The molecule has 0 radical (unpaired) electrons. The van der Waals surface area contributed by atoms with Crippen molar-refractivity contribution in [3.63, 3.8) is 0 Å². The highest BCUT2D eigenvalue weighted by Gasteiger charge is 2.18. The van der Waals surface area contributed by atoms with Gasteiger partial charge in [0.05, 0.1) is 38.5 Å². The summed E-state index contributed by atoms with van der Waals surface area (Å²) in [5.74, 6) is 0.717. The van der Waals surface area contributed by atoms with Gasteiger partial charge in [-0.15, -0.1) is 0 Å². The highest BCUT2D eigenvalue weighted by atomic mass is 16.6. The lowest BCUT2D eigenvalue weighted by atomic mass is 10.1. The molecule has 0 bridgehead atoms. The highest BCUT2D eigenvalue weighted by Crippen LogP contribution is 2.35. The molecule has 0 aliphatic carbocycles. The Hall–Kier alpha value is -4.08. The molecule has 1 N–H and O–H groups in total. The van der Waals surface area contributed by atoms with Gasteiger partial charge >= 0.3 is 0 Å². The quantitative estimate of drug-likeness (QED) is 0.274. The van der Waals surface area contributed by atoms with Crippen LogP contribution in [0.25, 0.3) is 0 Å². The molecule has 0 atom stereocenters. The Bertz CT molecular complexity index is 951. The molecule has 1 amide bonds. The van der Waals surface area contributed by atoms with Crippen LogP contribution in [0.15, 0.2) is 48.1 Å². The second-order valence-corrected chi connectivity index (χ2v) is 5.72. The van der Waals surface area contributed by atoms with Gasteiger partial charge in [-0.05, 0) is 12.1 Å². The number of hydrogen-bond donors (Lipinski definition) is 1. The van der Waals surface area contributed by atoms with Gasteiger partial charge in [-0.3, -0.25) is 14.9 Å². The molecule has 0 unspecified atom stereocenters. The normalized spacial score (nSPS) is 10.4. The second kappa shape index (κ2) is 10.5. The first-order valence-corrected chi connectivity index (χ1v) is 8.60. The standard InChI is InChI=1S/C20H21N3O7/c1-5-6-30-19-14(7-15(23(25)26)10-18(19)29-4)12-21-22-20(24)13-8-16(27-2)11-17(9-13)28-3/h5,7-12H,1,6H2,2-4H3,(H,22,24)/b21-12+. The molecule has 0 aliphatic rings. The number of nitro benzene ring substituents is 1. The summed E-state index contributed by atoms with van der Waals surface area (Å²) in [4.78, 5) is 23.0. The van der Waals surface area contributed by atoms with E-state index in [2.05, 4.69) is 17.1 Å². The number of nitrogens with zero attached hydrogens (tertiary/aromatic N) is 2. The van der Waals surface area contributed by atoms with E-state index in [1.807, 2.05) is 0 Å². The molecule has 10 nitrogen and oxygen atoms in total. The van der Waals surface area contributed by atoms with Crippen LogP contribution in [0.3, 0.4) is 0 Å². The summed E-state index contributed by atoms with van der Waals surface area (Å²) in [5.41, 5.74) is 2.63. The number of hydrazone groups is 1. The summed E-state index contributed by atoms with van der Waals surface area (Å²) in [6, 6.07) is 7.14. The number of carbonyl (C=O) groups excluding carboxylic acids is 1. The van der Waals surface area contributed by atoms with Crippen molar-refractivity contribution >= 4 is 17.8 Å². The zero-order chi connectivity index (χ0) is 22.1. The lowest BCUT2D eigenvalue weighted by molar-refractivity contribution is -0.385. The van der Waals surface area contributed by atoms with Gasteiger partial charge in [-0.1, -0.05) is 12.7 Å². The van der Waals surface area contributed by atoms with E-state index in [0.717, 1.165) is 0 Å². The van der Waals surface area contributed by atoms with E-state index in [9.17, 15) is 14.9 Å². The number of benzene rings is 2. The van der Waals surface area contributed by atoms with Crippen molar-refractivity contribution in [1.29, 1.82) is 0 Å². The number of methoxy groups -OCH3 is 3. The maximum atomic E-state index is 12.4. The predicted octanol–water partition coefficient (Wildman–Crippen LogP) is 2.95. The van der Waals surface area contributed by atoms with Crippen molar-refractivity contribution in [2.24, 2.45) is 5.10 Å². The second-order valence-electron chi connectivity index (χ2n) is 5.72. The Labute approximate surface area is 172 Å². The number of rotatable bonds is 10. The molecule has 158 valence electrons. The number of nitrogens with one attached hydrogen (secondary N) is 1. The van der Waals surface area contributed by atoms with Crippen LogP contribution in [0.5, 0.6) is 23.0 Å². The van der Waals surface area contributed by atoms with Crippen molar-refractivity contribution in [2.75, 3.05) is 27.9 Å². The van der Waals surface area contributed by atoms with E-state index >= 15 is 0 Å². The van der Waals surface area contributed by atoms with Crippen molar-refractivity contribution in [2.45, 2.75) is 0 Å². The summed E-state index contributed by atoms with van der Waals surface area (Å²) >= 11 is 0. The first-order valence-electron chi connectivity index (χ1n) is 8.60. The number of amides is 1. The number of nitro groups is 1. The number of carbonyl (C=O) groups is 1. The van der Waals surface area contributed by atoms with Gasteiger partial charge in [0.25, 0.3) is 11.6 Å². The fraction of sp³-hybridized carbons (Fsp3) is 0.200. The van der Waals surface area contributed by atoms with Gasteiger partial charge in [0.15, 0.2) is 11.5 Å². The van der Waals surface area contributed by atoms with Gasteiger partial charge < -0.3 is 18.9 Å². The van der Waals surface area contributed by atoms with E-state index in [1.54, 1.807) is 6.07 Å². The van der Waals surface area contributed by atoms with Crippen molar-refractivity contribution in [1.82, 2.24) is 5.43 Å². The Kier molecular flexibility index (Phi) is 7.74. The van der Waals surface area contributed by atoms with Crippen LogP contribution in [0, 0.1) is 10.1 Å². The molecule has 0 fully saturated rings. The molecule has 2 aromatic carbocycles. The summed E-state index contributed by atoms with van der Waals surface area (Å²) < 4.78 is 21.0. The number of hydrogen-bond acceptors (Lipinski definition) is 8. The minimum Gasteiger partial charge on any atom is -0.497 e. The fourth-order valence-electron chi connectivity index (χ4n) is 2.42. The minimum absolute atomic E-state index is 0.144. The smallest absolute Gasteiger partial charge is 0.274 e. The third-order valence-electron chi connectivity index (χ3n) is 3.83. The average Bonchev–Trinajstić information content (AvgIpc) is 2.76. The molecule has 0 heterocycles. The van der Waals surface area contributed by atoms with Gasteiger partial charge in [-0.25, -0.2) is 5.43 Å². The zero-order valence-corrected chi connectivity index (χ0v) is 16.7. The molecule has 0 aliphatic heterocycles. The topological polar surface area (TPSA) is 122 Å². The molecule has 10 heteroatoms. The van der Waals surface area contributed by atoms with Crippen LogP contribution < -0.4 is 24.4 Å². The molecule has 2 rings (SSSR count). The lowest BCUT2D eigenvalue weighted by Crippen LogP contribution is -2.18. The van der Waals surface area contributed by atoms with Crippen LogP contribution in [0.1, 0.15) is 15.9 Å². The van der Waals surface area contributed by atoms with Crippen LogP contribution in [-0.4, -0.2) is 45.0 Å². The Morgan fingerprint density at radius 1 is 1.13 bits per heavy atom. The molecule has 2 aromatic rings. The Morgan fingerprint density at radius 2 is 1.80 bits per heavy atom. The molecular weight excluding hydrogens is 394 g/mol. The van der Waals surface area contributed by atoms with Crippen molar-refractivity contribution in [3.05, 3.63) is 64.2 Å². The van der Waals surface area contributed by atoms with Gasteiger partial charge in [0.1, 0.15) is 18.1 Å². The van der Waals surface area contributed by atoms with Crippen LogP contribution in [0.4, 0.5) is 5.69 Å². The first-order chi connectivity index (χ1) is 14.4. The molecule has 0 aromatic heterocycles. The molecule has 0 spiro atoms. The summed E-state index contributed by atoms with van der Waals surface area (Å²) in [6.07, 6.45) is 2.74. The lowest BCUT2D eigenvalue weighted by Gasteiger charge is -2.12. The van der Waals surface area contributed by atoms with Crippen LogP contribution in [-0.2, 0) is 0 Å². The van der Waals surface area contributed by atoms with Gasteiger partial charge in [0.2, 0.25) is 0 Å². The third-order valence-corrected chi connectivity index (χ3v) is 3.83. The van der Waals surface area contributed by atoms with E-state index in [0.29, 0.717) is 11.5 Å². The molecule has 0 saturated carbocycles. The fourth-order valence-corrected chi connectivity index (χ4v) is 2.42. The Balaban J connectivity index is 2.32. The largest absolute Gasteiger partial charge is 0.497 e. The van der Waals surface area contributed by atoms with E-state index in [4.69, 9.17) is 18.9 Å². The molecule has 30 heavy (non-hydrogen) atoms. The molecular formula is C20H21N3O7. The zero-order valence-electron chi connectivity index (χ0n) is 16.7. The van der Waals surface area contributed by atoms with Crippen LogP contribution >= 0.6 is 0 Å². The third kappa shape index (κ3) is 5.47. The minimum atomic E-state index is -0.571. The van der Waals surface area contributed by atoms with Crippen molar-refractivity contribution < 1.29 is 28.7 Å². The molecule has 0 saturated heterocycles. The maximum Gasteiger partial charge on any atom is 0.274 e. The van der Waals surface area contributed by atoms with Gasteiger partial charge in [-0.2, -0.15) is 5.10 Å². The van der Waals surface area contributed by atoms with E-state index < -0.39 is 10.8 Å². The number of non-ortho nitro benzene ring substituents is 1.